The molecule has 11 nitrogen and oxygen atoms in total. The molecule has 0 unspecified atom stereocenters. The Morgan fingerprint density at radius 2 is 1.71 bits per heavy atom. The molecule has 0 fully saturated rings. The van der Waals surface area contributed by atoms with Gasteiger partial charge in [0.1, 0.15) is 17.0 Å². The van der Waals surface area contributed by atoms with Crippen LogP contribution >= 0.6 is 11.3 Å². The highest BCUT2D eigenvalue weighted by Crippen LogP contribution is 2.27. The van der Waals surface area contributed by atoms with Crippen LogP contribution < -0.4 is 20.7 Å². The van der Waals surface area contributed by atoms with E-state index in [1.807, 2.05) is 43.3 Å². The molecule has 0 bridgehead atoms. The molecule has 41 heavy (non-hydrogen) atoms. The summed E-state index contributed by atoms with van der Waals surface area (Å²) in [6.07, 6.45) is 0.973. The minimum atomic E-state index is -0.645. The lowest BCUT2D eigenvalue weighted by atomic mass is 10.2. The van der Waals surface area contributed by atoms with Gasteiger partial charge in [-0.2, -0.15) is 0 Å². The monoisotopic (exact) mass is 582 g/mol. The maximum atomic E-state index is 13.1. The number of pyridine rings is 1. The van der Waals surface area contributed by atoms with E-state index in [-0.39, 0.29) is 11.7 Å². The second-order valence-corrected chi connectivity index (χ2v) is 11.3. The number of anilines is 2. The van der Waals surface area contributed by atoms with E-state index in [1.54, 1.807) is 61.9 Å². The van der Waals surface area contributed by atoms with Crippen molar-refractivity contribution in [1.82, 2.24) is 20.1 Å². The Morgan fingerprint density at radius 1 is 0.976 bits per heavy atom. The molecular formula is C29H38N6O5S. The molecule has 2 heterocycles. The Morgan fingerprint density at radius 3 is 2.34 bits per heavy atom. The molecule has 0 radical (unpaired) electrons. The molecule has 3 aromatic rings. The molecule has 0 aliphatic carbocycles. The fourth-order valence-electron chi connectivity index (χ4n) is 3.61. The molecular weight excluding hydrogens is 544 g/mol. The number of carbonyl (C=O) groups excluding carboxylic acids is 3. The third kappa shape index (κ3) is 10.4. The number of thiophene rings is 1. The average Bonchev–Trinajstić information content (AvgIpc) is 3.34. The van der Waals surface area contributed by atoms with Crippen LogP contribution in [0.15, 0.2) is 53.4 Å². The SMILES string of the molecule is COc1cccc(CNC(=O)N(CCN(C)C)Cc2ccc(C(=O)Nc3cscc3NC(=O)OC(C)(C)C)nc2)c1. The van der Waals surface area contributed by atoms with E-state index in [2.05, 4.69) is 20.9 Å². The number of nitrogens with one attached hydrogen (secondary N) is 3. The summed E-state index contributed by atoms with van der Waals surface area (Å²) in [6, 6.07) is 10.7. The standard InChI is InChI=1S/C29H38N6O5S/c1-29(2,3)40-28(38)33-25-19-41-18-24(25)32-26(36)23-11-10-21(16-30-23)17-35(13-12-34(4)5)27(37)31-15-20-8-7-9-22(14-20)39-6/h7-11,14,16,18-19H,12-13,15,17H2,1-6H3,(H,31,37)(H,32,36)(H,33,38). The number of likely N-dealkylation sites (N-methyl/N-ethyl adjacent to an activating group) is 1. The molecule has 3 N–H and O–H groups in total. The first-order valence-electron chi connectivity index (χ1n) is 13.1. The van der Waals surface area contributed by atoms with E-state index in [0.29, 0.717) is 37.6 Å². The van der Waals surface area contributed by atoms with Gasteiger partial charge in [0.25, 0.3) is 5.91 Å². The van der Waals surface area contributed by atoms with Gasteiger partial charge in [-0.15, -0.1) is 11.3 Å². The van der Waals surface area contributed by atoms with Crippen molar-refractivity contribution >= 4 is 40.7 Å². The lowest BCUT2D eigenvalue weighted by molar-refractivity contribution is 0.0635. The highest BCUT2D eigenvalue weighted by molar-refractivity contribution is 7.09. The number of amides is 4. The van der Waals surface area contributed by atoms with Crippen LogP contribution in [0.3, 0.4) is 0 Å². The number of urea groups is 1. The number of aromatic nitrogens is 1. The maximum Gasteiger partial charge on any atom is 0.412 e. The zero-order valence-corrected chi connectivity index (χ0v) is 25.1. The fraction of sp³-hybridized carbons (Fsp3) is 0.379. The Bertz CT molecular complexity index is 1320. The lowest BCUT2D eigenvalue weighted by Crippen LogP contribution is -2.42. The van der Waals surface area contributed by atoms with Gasteiger partial charge in [-0.3, -0.25) is 15.1 Å². The topological polar surface area (TPSA) is 125 Å². The van der Waals surface area contributed by atoms with Gasteiger partial charge >= 0.3 is 12.1 Å². The normalized spacial score (nSPS) is 11.1. The number of carbonyl (C=O) groups is 3. The van der Waals surface area contributed by atoms with E-state index in [9.17, 15) is 14.4 Å². The Balaban J connectivity index is 1.62. The molecule has 0 aliphatic heterocycles. The summed E-state index contributed by atoms with van der Waals surface area (Å²) in [6.45, 7) is 7.18. The summed E-state index contributed by atoms with van der Waals surface area (Å²) < 4.78 is 10.5. The number of hydrogen-bond acceptors (Lipinski definition) is 8. The average molecular weight is 583 g/mol. The van der Waals surface area contributed by atoms with Crippen molar-refractivity contribution in [2.75, 3.05) is 44.9 Å². The van der Waals surface area contributed by atoms with E-state index < -0.39 is 17.6 Å². The maximum absolute atomic E-state index is 13.1. The molecule has 1 aromatic carbocycles. The Hall–Kier alpha value is -4.16. The molecule has 0 atom stereocenters. The van der Waals surface area contributed by atoms with Crippen LogP contribution in [0.5, 0.6) is 5.75 Å². The fourth-order valence-corrected chi connectivity index (χ4v) is 4.32. The molecule has 0 spiro atoms. The van der Waals surface area contributed by atoms with Crippen LogP contribution in [0.2, 0.25) is 0 Å². The van der Waals surface area contributed by atoms with Crippen molar-refractivity contribution in [2.45, 2.75) is 39.5 Å². The first-order chi connectivity index (χ1) is 19.4. The van der Waals surface area contributed by atoms with Crippen LogP contribution in [-0.4, -0.2) is 72.7 Å². The molecule has 4 amide bonds. The van der Waals surface area contributed by atoms with Crippen molar-refractivity contribution in [3.05, 3.63) is 70.2 Å². The van der Waals surface area contributed by atoms with Gasteiger partial charge in [0, 0.05) is 43.1 Å². The van der Waals surface area contributed by atoms with E-state index in [4.69, 9.17) is 9.47 Å². The van der Waals surface area contributed by atoms with Crippen LogP contribution in [0, 0.1) is 0 Å². The minimum Gasteiger partial charge on any atom is -0.497 e. The predicted molar refractivity (Wildman–Crippen MR) is 161 cm³/mol. The van der Waals surface area contributed by atoms with E-state index in [1.165, 1.54) is 11.3 Å². The molecule has 0 aliphatic rings. The molecule has 2 aromatic heterocycles. The number of methoxy groups -OCH3 is 1. The molecule has 3 rings (SSSR count). The predicted octanol–water partition coefficient (Wildman–Crippen LogP) is 5.02. The Kier molecular flexibility index (Phi) is 11.1. The second kappa shape index (κ2) is 14.5. The van der Waals surface area contributed by atoms with Gasteiger partial charge < -0.3 is 29.9 Å². The van der Waals surface area contributed by atoms with Crippen LogP contribution in [0.1, 0.15) is 42.4 Å². The van der Waals surface area contributed by atoms with E-state index in [0.717, 1.165) is 16.9 Å². The van der Waals surface area contributed by atoms with Gasteiger partial charge in [-0.25, -0.2) is 9.59 Å². The zero-order valence-electron chi connectivity index (χ0n) is 24.3. The summed E-state index contributed by atoms with van der Waals surface area (Å²) in [5.41, 5.74) is 2.14. The van der Waals surface area contributed by atoms with Crippen molar-refractivity contribution in [1.29, 1.82) is 0 Å². The lowest BCUT2D eigenvalue weighted by Gasteiger charge is -2.25. The Labute approximate surface area is 244 Å². The number of nitrogens with zero attached hydrogens (tertiary/aromatic N) is 3. The van der Waals surface area contributed by atoms with Gasteiger partial charge in [0.05, 0.1) is 18.5 Å². The van der Waals surface area contributed by atoms with Crippen molar-refractivity contribution in [3.8, 4) is 5.75 Å². The van der Waals surface area contributed by atoms with Crippen molar-refractivity contribution in [3.63, 3.8) is 0 Å². The smallest absolute Gasteiger partial charge is 0.412 e. The minimum absolute atomic E-state index is 0.200. The summed E-state index contributed by atoms with van der Waals surface area (Å²) in [4.78, 5) is 46.1. The van der Waals surface area contributed by atoms with Crippen LogP contribution in [0.4, 0.5) is 21.0 Å². The third-order valence-corrected chi connectivity index (χ3v) is 6.40. The first kappa shape index (κ1) is 31.4. The summed E-state index contributed by atoms with van der Waals surface area (Å²) in [5.74, 6) is 0.300. The van der Waals surface area contributed by atoms with Crippen molar-refractivity contribution < 1.29 is 23.9 Å². The molecule has 220 valence electrons. The highest BCUT2D eigenvalue weighted by Gasteiger charge is 2.19. The van der Waals surface area contributed by atoms with Gasteiger partial charge in [0.2, 0.25) is 0 Å². The van der Waals surface area contributed by atoms with E-state index >= 15 is 0 Å². The van der Waals surface area contributed by atoms with Crippen molar-refractivity contribution in [2.24, 2.45) is 0 Å². The number of benzene rings is 1. The quantitative estimate of drug-likeness (QED) is 0.290. The van der Waals surface area contributed by atoms with Crippen LogP contribution in [-0.2, 0) is 17.8 Å². The number of ether oxygens (including phenoxy) is 2. The number of rotatable bonds is 11. The van der Waals surface area contributed by atoms with Gasteiger partial charge in [-0.1, -0.05) is 18.2 Å². The third-order valence-electron chi connectivity index (χ3n) is 5.66. The zero-order chi connectivity index (χ0) is 30.0. The molecule has 0 saturated carbocycles. The summed E-state index contributed by atoms with van der Waals surface area (Å²) >= 11 is 1.33. The van der Waals surface area contributed by atoms with Crippen LogP contribution in [0.25, 0.3) is 0 Å². The van der Waals surface area contributed by atoms with Gasteiger partial charge in [-0.05, 0) is 64.2 Å². The molecule has 12 heteroatoms. The highest BCUT2D eigenvalue weighted by atomic mass is 32.1. The first-order valence-corrected chi connectivity index (χ1v) is 14.0. The molecule has 0 saturated heterocycles. The largest absolute Gasteiger partial charge is 0.497 e. The number of hydrogen-bond donors (Lipinski definition) is 3. The van der Waals surface area contributed by atoms with Gasteiger partial charge in [0.15, 0.2) is 0 Å². The summed E-state index contributed by atoms with van der Waals surface area (Å²) in [5, 5.41) is 11.8. The summed E-state index contributed by atoms with van der Waals surface area (Å²) in [7, 11) is 5.50. The second-order valence-electron chi connectivity index (χ2n) is 10.6.